The molecule has 4 heterocycles. The summed E-state index contributed by atoms with van der Waals surface area (Å²) in [4.78, 5) is 18.9. The standard InChI is InChI=1S/C20H12F6N6O2S/c1-35(33,34)18-31-16(29-10-4-7-14(28-9-10)20(24,25)26)11-5-6-13(30-17(11)32-18)15-12(19(21,22)23)3-2-8-27-15/h2-9H,1H3,(H,29,30,31,32). The number of alkyl halides is 6. The van der Waals surface area contributed by atoms with Crippen molar-refractivity contribution in [3.63, 3.8) is 0 Å². The van der Waals surface area contributed by atoms with E-state index in [0.29, 0.717) is 6.07 Å². The van der Waals surface area contributed by atoms with Crippen molar-refractivity contribution in [2.75, 3.05) is 11.6 Å². The number of anilines is 2. The second kappa shape index (κ2) is 8.41. The molecule has 0 saturated heterocycles. The number of sulfone groups is 1. The average Bonchev–Trinajstić information content (AvgIpc) is 2.77. The topological polar surface area (TPSA) is 111 Å². The predicted molar refractivity (Wildman–Crippen MR) is 111 cm³/mol. The van der Waals surface area contributed by atoms with E-state index in [1.54, 1.807) is 0 Å². The molecule has 0 aliphatic heterocycles. The normalized spacial score (nSPS) is 12.7. The quantitative estimate of drug-likeness (QED) is 0.309. The highest BCUT2D eigenvalue weighted by molar-refractivity contribution is 7.90. The summed E-state index contributed by atoms with van der Waals surface area (Å²) < 4.78 is 103. The van der Waals surface area contributed by atoms with Crippen molar-refractivity contribution in [3.8, 4) is 11.4 Å². The Labute approximate surface area is 193 Å². The van der Waals surface area contributed by atoms with Gasteiger partial charge in [0.2, 0.25) is 9.84 Å². The van der Waals surface area contributed by atoms with Crippen LogP contribution in [0.1, 0.15) is 11.3 Å². The van der Waals surface area contributed by atoms with Crippen LogP contribution in [0, 0.1) is 0 Å². The SMILES string of the molecule is CS(=O)(=O)c1nc(Nc2ccc(C(F)(F)F)nc2)c2ccc(-c3ncccc3C(F)(F)F)nc2n1. The molecule has 0 bridgehead atoms. The molecule has 182 valence electrons. The molecule has 15 heteroatoms. The van der Waals surface area contributed by atoms with E-state index >= 15 is 0 Å². The van der Waals surface area contributed by atoms with Crippen LogP contribution in [-0.4, -0.2) is 39.6 Å². The van der Waals surface area contributed by atoms with Gasteiger partial charge >= 0.3 is 12.4 Å². The molecule has 0 unspecified atom stereocenters. The van der Waals surface area contributed by atoms with Gasteiger partial charge in [-0.2, -0.15) is 36.3 Å². The van der Waals surface area contributed by atoms with Gasteiger partial charge in [-0.25, -0.2) is 18.4 Å². The van der Waals surface area contributed by atoms with Gasteiger partial charge in [-0.1, -0.05) is 0 Å². The van der Waals surface area contributed by atoms with Crippen LogP contribution in [0.25, 0.3) is 22.4 Å². The van der Waals surface area contributed by atoms with Crippen molar-refractivity contribution in [1.29, 1.82) is 0 Å². The van der Waals surface area contributed by atoms with E-state index < -0.39 is 44.3 Å². The Morgan fingerprint density at radius 2 is 1.60 bits per heavy atom. The van der Waals surface area contributed by atoms with E-state index in [9.17, 15) is 34.8 Å². The Bertz CT molecular complexity index is 1520. The van der Waals surface area contributed by atoms with E-state index in [4.69, 9.17) is 0 Å². The van der Waals surface area contributed by atoms with Crippen LogP contribution < -0.4 is 5.32 Å². The molecular weight excluding hydrogens is 502 g/mol. The van der Waals surface area contributed by atoms with Crippen LogP contribution in [0.5, 0.6) is 0 Å². The lowest BCUT2D eigenvalue weighted by atomic mass is 10.1. The molecule has 0 aliphatic carbocycles. The van der Waals surface area contributed by atoms with Crippen molar-refractivity contribution >= 4 is 32.4 Å². The third kappa shape index (κ3) is 5.13. The number of hydrogen-bond acceptors (Lipinski definition) is 8. The van der Waals surface area contributed by atoms with E-state index in [2.05, 4.69) is 30.2 Å². The smallest absolute Gasteiger partial charge is 0.338 e. The molecule has 1 N–H and O–H groups in total. The van der Waals surface area contributed by atoms with Gasteiger partial charge in [-0.15, -0.1) is 0 Å². The van der Waals surface area contributed by atoms with Crippen molar-refractivity contribution in [1.82, 2.24) is 24.9 Å². The zero-order valence-corrected chi connectivity index (χ0v) is 18.2. The number of halogens is 6. The third-order valence-electron chi connectivity index (χ3n) is 4.54. The lowest BCUT2D eigenvalue weighted by Gasteiger charge is -2.13. The first kappa shape index (κ1) is 24.3. The Morgan fingerprint density at radius 1 is 0.857 bits per heavy atom. The monoisotopic (exact) mass is 514 g/mol. The number of aromatic nitrogens is 5. The van der Waals surface area contributed by atoms with E-state index in [1.807, 2.05) is 0 Å². The van der Waals surface area contributed by atoms with Crippen LogP contribution >= 0.6 is 0 Å². The van der Waals surface area contributed by atoms with Crippen LogP contribution in [-0.2, 0) is 22.2 Å². The van der Waals surface area contributed by atoms with E-state index in [-0.39, 0.29) is 28.2 Å². The van der Waals surface area contributed by atoms with Crippen molar-refractivity contribution in [2.24, 2.45) is 0 Å². The summed E-state index contributed by atoms with van der Waals surface area (Å²) >= 11 is 0. The second-order valence-corrected chi connectivity index (χ2v) is 9.06. The first-order valence-electron chi connectivity index (χ1n) is 9.45. The summed E-state index contributed by atoms with van der Waals surface area (Å²) in [5.41, 5.74) is -3.17. The van der Waals surface area contributed by atoms with E-state index in [0.717, 1.165) is 36.8 Å². The van der Waals surface area contributed by atoms with Crippen LogP contribution in [0.4, 0.5) is 37.8 Å². The van der Waals surface area contributed by atoms with Gasteiger partial charge in [-0.05, 0) is 36.4 Å². The molecule has 0 aliphatic rings. The van der Waals surface area contributed by atoms with Gasteiger partial charge in [0.25, 0.3) is 5.16 Å². The summed E-state index contributed by atoms with van der Waals surface area (Å²) in [5.74, 6) is -0.159. The molecule has 4 aromatic heterocycles. The zero-order chi connectivity index (χ0) is 25.6. The van der Waals surface area contributed by atoms with Gasteiger partial charge < -0.3 is 5.32 Å². The Balaban J connectivity index is 1.85. The molecule has 0 amide bonds. The Kier molecular flexibility index (Phi) is 5.82. The first-order chi connectivity index (χ1) is 16.2. The maximum atomic E-state index is 13.4. The number of pyridine rings is 3. The molecule has 0 aromatic carbocycles. The molecule has 0 spiro atoms. The molecule has 35 heavy (non-hydrogen) atoms. The first-order valence-corrected chi connectivity index (χ1v) is 11.3. The average molecular weight is 514 g/mol. The molecule has 0 radical (unpaired) electrons. The summed E-state index contributed by atoms with van der Waals surface area (Å²) in [7, 11) is -4.01. The molecular formula is C20H12F6N6O2S. The van der Waals surface area contributed by atoms with Crippen LogP contribution in [0.15, 0.2) is 53.9 Å². The lowest BCUT2D eigenvalue weighted by Crippen LogP contribution is -2.10. The van der Waals surface area contributed by atoms with Gasteiger partial charge in [0, 0.05) is 12.5 Å². The van der Waals surface area contributed by atoms with Crippen molar-refractivity contribution in [2.45, 2.75) is 17.5 Å². The highest BCUT2D eigenvalue weighted by Crippen LogP contribution is 2.36. The number of nitrogens with one attached hydrogen (secondary N) is 1. The number of nitrogens with zero attached hydrogens (tertiary/aromatic N) is 5. The van der Waals surface area contributed by atoms with Gasteiger partial charge in [0.1, 0.15) is 17.2 Å². The van der Waals surface area contributed by atoms with Crippen molar-refractivity contribution < 1.29 is 34.8 Å². The minimum Gasteiger partial charge on any atom is -0.338 e. The number of rotatable bonds is 4. The van der Waals surface area contributed by atoms with Crippen LogP contribution in [0.2, 0.25) is 0 Å². The molecule has 4 aromatic rings. The molecule has 0 atom stereocenters. The van der Waals surface area contributed by atoms with Gasteiger partial charge in [0.15, 0.2) is 5.65 Å². The fourth-order valence-electron chi connectivity index (χ4n) is 2.99. The minimum atomic E-state index is -4.73. The zero-order valence-electron chi connectivity index (χ0n) is 17.3. The summed E-state index contributed by atoms with van der Waals surface area (Å²) in [6.45, 7) is 0. The minimum absolute atomic E-state index is 0.0330. The Morgan fingerprint density at radius 3 is 2.20 bits per heavy atom. The van der Waals surface area contributed by atoms with E-state index in [1.165, 1.54) is 12.1 Å². The predicted octanol–water partition coefficient (Wildman–Crippen LogP) is 4.67. The molecule has 0 saturated carbocycles. The fourth-order valence-corrected chi connectivity index (χ4v) is 3.50. The summed E-state index contributed by atoms with van der Waals surface area (Å²) in [5, 5.41) is 2.04. The van der Waals surface area contributed by atoms with Crippen molar-refractivity contribution in [3.05, 3.63) is 60.0 Å². The molecule has 0 fully saturated rings. The third-order valence-corrected chi connectivity index (χ3v) is 5.39. The maximum absolute atomic E-state index is 13.4. The Hall–Kier alpha value is -3.88. The van der Waals surface area contributed by atoms with Crippen LogP contribution in [0.3, 0.4) is 0 Å². The number of fused-ring (bicyclic) bond motifs is 1. The van der Waals surface area contributed by atoms with Gasteiger partial charge in [-0.3, -0.25) is 4.98 Å². The molecule has 4 rings (SSSR count). The number of hydrogen-bond donors (Lipinski definition) is 1. The largest absolute Gasteiger partial charge is 0.433 e. The highest BCUT2D eigenvalue weighted by atomic mass is 32.2. The fraction of sp³-hybridized carbons (Fsp3) is 0.150. The second-order valence-electron chi connectivity index (χ2n) is 7.15. The highest BCUT2D eigenvalue weighted by Gasteiger charge is 2.35. The maximum Gasteiger partial charge on any atom is 0.433 e. The summed E-state index contributed by atoms with van der Waals surface area (Å²) in [6.07, 6.45) is -6.58. The van der Waals surface area contributed by atoms with Gasteiger partial charge in [0.05, 0.1) is 28.5 Å². The lowest BCUT2D eigenvalue weighted by molar-refractivity contribution is -0.141. The summed E-state index contributed by atoms with van der Waals surface area (Å²) in [6, 6.07) is 6.19. The molecule has 8 nitrogen and oxygen atoms in total.